The summed E-state index contributed by atoms with van der Waals surface area (Å²) in [6, 6.07) is 11.7. The number of hydrogen-bond donors (Lipinski definition) is 1. The average molecular weight is 371 g/mol. The molecule has 104 valence electrons. The highest BCUT2D eigenvalue weighted by atomic mass is 79.9. The summed E-state index contributed by atoms with van der Waals surface area (Å²) in [6.45, 7) is 0.343. The van der Waals surface area contributed by atoms with Crippen LogP contribution in [0.2, 0.25) is 0 Å². The van der Waals surface area contributed by atoms with E-state index in [4.69, 9.17) is 5.26 Å². The molecule has 7 heteroatoms. The van der Waals surface area contributed by atoms with E-state index in [-0.39, 0.29) is 4.90 Å². The van der Waals surface area contributed by atoms with Gasteiger partial charge in [0.05, 0.1) is 20.3 Å². The fourth-order valence-electron chi connectivity index (χ4n) is 1.59. The molecule has 0 bridgehead atoms. The fourth-order valence-corrected chi connectivity index (χ4v) is 4.10. The lowest BCUT2D eigenvalue weighted by atomic mass is 10.2. The molecule has 4 nitrogen and oxygen atoms in total. The van der Waals surface area contributed by atoms with E-state index in [9.17, 15) is 8.42 Å². The number of rotatable bonds is 5. The van der Waals surface area contributed by atoms with Crippen LogP contribution in [0.15, 0.2) is 45.1 Å². The van der Waals surface area contributed by atoms with Crippen molar-refractivity contribution in [2.24, 2.45) is 0 Å². The lowest BCUT2D eigenvalue weighted by Crippen LogP contribution is -2.25. The molecular weight excluding hydrogens is 360 g/mol. The first kappa shape index (κ1) is 15.2. The number of nitrogens with one attached hydrogen (secondary N) is 1. The molecule has 1 heterocycles. The first-order valence-electron chi connectivity index (χ1n) is 5.75. The van der Waals surface area contributed by atoms with Gasteiger partial charge in [-0.15, -0.1) is 11.3 Å². The van der Waals surface area contributed by atoms with E-state index in [1.54, 1.807) is 11.3 Å². The van der Waals surface area contributed by atoms with Gasteiger partial charge in [0.1, 0.15) is 0 Å². The van der Waals surface area contributed by atoms with Crippen LogP contribution in [0.5, 0.6) is 0 Å². The van der Waals surface area contributed by atoms with Crippen molar-refractivity contribution in [3.05, 3.63) is 50.6 Å². The van der Waals surface area contributed by atoms with Crippen molar-refractivity contribution < 1.29 is 8.42 Å². The zero-order valence-corrected chi connectivity index (χ0v) is 13.6. The molecule has 0 aliphatic carbocycles. The van der Waals surface area contributed by atoms with Crippen molar-refractivity contribution >= 4 is 37.3 Å². The molecule has 0 saturated heterocycles. The minimum Gasteiger partial charge on any atom is -0.211 e. The van der Waals surface area contributed by atoms with Crippen LogP contribution in [0.4, 0.5) is 0 Å². The molecule has 0 unspecified atom stereocenters. The van der Waals surface area contributed by atoms with Gasteiger partial charge in [-0.05, 0) is 58.7 Å². The Kier molecular flexibility index (Phi) is 4.94. The molecule has 0 aliphatic rings. The molecule has 0 atom stereocenters. The summed E-state index contributed by atoms with van der Waals surface area (Å²) >= 11 is 4.95. The van der Waals surface area contributed by atoms with Gasteiger partial charge >= 0.3 is 0 Å². The van der Waals surface area contributed by atoms with Gasteiger partial charge in [0.15, 0.2) is 0 Å². The second kappa shape index (κ2) is 6.50. The third-order valence-electron chi connectivity index (χ3n) is 2.59. The molecule has 1 N–H and O–H groups in total. The maximum Gasteiger partial charge on any atom is 0.240 e. The van der Waals surface area contributed by atoms with E-state index in [1.807, 2.05) is 18.2 Å². The average Bonchev–Trinajstić information content (AvgIpc) is 2.84. The Morgan fingerprint density at radius 3 is 2.45 bits per heavy atom. The van der Waals surface area contributed by atoms with E-state index in [0.29, 0.717) is 18.5 Å². The Bertz CT molecular complexity index is 730. The van der Waals surface area contributed by atoms with Crippen LogP contribution in [0.1, 0.15) is 10.4 Å². The number of benzene rings is 1. The van der Waals surface area contributed by atoms with E-state index in [2.05, 4.69) is 20.7 Å². The number of halogens is 1. The molecule has 0 amide bonds. The molecule has 2 aromatic rings. The molecule has 0 radical (unpaired) electrons. The monoisotopic (exact) mass is 370 g/mol. The Balaban J connectivity index is 1.98. The highest BCUT2D eigenvalue weighted by molar-refractivity contribution is 9.11. The summed E-state index contributed by atoms with van der Waals surface area (Å²) in [4.78, 5) is 1.28. The van der Waals surface area contributed by atoms with Gasteiger partial charge in [0.25, 0.3) is 0 Å². The minimum atomic E-state index is -3.52. The molecule has 0 saturated carbocycles. The standard InChI is InChI=1S/C13H11BrN2O2S2/c14-13-6-3-11(19-13)7-8-16-20(17,18)12-4-1-10(9-15)2-5-12/h1-6,16H,7-8H2. The molecule has 2 rings (SSSR count). The second-order valence-corrected chi connectivity index (χ2v) is 8.30. The van der Waals surface area contributed by atoms with Gasteiger partial charge in [0, 0.05) is 11.4 Å². The van der Waals surface area contributed by atoms with Crippen LogP contribution >= 0.6 is 27.3 Å². The van der Waals surface area contributed by atoms with E-state index < -0.39 is 10.0 Å². The van der Waals surface area contributed by atoms with Gasteiger partial charge in [0.2, 0.25) is 10.0 Å². The zero-order chi connectivity index (χ0) is 14.6. The summed E-state index contributed by atoms with van der Waals surface area (Å²) in [6.07, 6.45) is 0.645. The molecule has 20 heavy (non-hydrogen) atoms. The van der Waals surface area contributed by atoms with Crippen molar-refractivity contribution in [2.45, 2.75) is 11.3 Å². The number of hydrogen-bond acceptors (Lipinski definition) is 4. The van der Waals surface area contributed by atoms with Gasteiger partial charge in [-0.3, -0.25) is 0 Å². The van der Waals surface area contributed by atoms with Crippen LogP contribution in [-0.2, 0) is 16.4 Å². The predicted octanol–water partition coefficient (Wildman–Crippen LogP) is 2.90. The summed E-state index contributed by atoms with van der Waals surface area (Å²) in [7, 11) is -3.52. The van der Waals surface area contributed by atoms with E-state index in [0.717, 1.165) is 8.66 Å². The number of sulfonamides is 1. The zero-order valence-electron chi connectivity index (χ0n) is 10.3. The van der Waals surface area contributed by atoms with Gasteiger partial charge in [-0.25, -0.2) is 13.1 Å². The lowest BCUT2D eigenvalue weighted by Gasteiger charge is -2.06. The van der Waals surface area contributed by atoms with Crippen molar-refractivity contribution in [1.82, 2.24) is 4.72 Å². The normalized spacial score (nSPS) is 11.2. The lowest BCUT2D eigenvalue weighted by molar-refractivity contribution is 0.582. The highest BCUT2D eigenvalue weighted by Gasteiger charge is 2.13. The molecular formula is C13H11BrN2O2S2. The van der Waals surface area contributed by atoms with Crippen molar-refractivity contribution in [1.29, 1.82) is 5.26 Å². The van der Waals surface area contributed by atoms with Crippen LogP contribution in [0.3, 0.4) is 0 Å². The fraction of sp³-hybridized carbons (Fsp3) is 0.154. The third-order valence-corrected chi connectivity index (χ3v) is 5.75. The smallest absolute Gasteiger partial charge is 0.211 e. The number of nitriles is 1. The molecule has 0 fully saturated rings. The third kappa shape index (κ3) is 3.90. The number of thiophene rings is 1. The van der Waals surface area contributed by atoms with Gasteiger partial charge in [-0.2, -0.15) is 5.26 Å². The van der Waals surface area contributed by atoms with Gasteiger partial charge in [-0.1, -0.05) is 0 Å². The first-order chi connectivity index (χ1) is 9.51. The molecule has 0 spiro atoms. The first-order valence-corrected chi connectivity index (χ1v) is 8.84. The summed E-state index contributed by atoms with van der Waals surface area (Å²) in [5.74, 6) is 0. The maximum absolute atomic E-state index is 12.0. The topological polar surface area (TPSA) is 70.0 Å². The second-order valence-electron chi connectivity index (χ2n) is 3.99. The van der Waals surface area contributed by atoms with Crippen LogP contribution in [-0.4, -0.2) is 15.0 Å². The molecule has 0 aliphatic heterocycles. The van der Waals surface area contributed by atoms with E-state index >= 15 is 0 Å². The van der Waals surface area contributed by atoms with E-state index in [1.165, 1.54) is 24.3 Å². The van der Waals surface area contributed by atoms with Crippen molar-refractivity contribution in [3.8, 4) is 6.07 Å². The van der Waals surface area contributed by atoms with Crippen LogP contribution < -0.4 is 4.72 Å². The Labute approximate surface area is 130 Å². The predicted molar refractivity (Wildman–Crippen MR) is 82.1 cm³/mol. The summed E-state index contributed by atoms with van der Waals surface area (Å²) in [5.41, 5.74) is 0.437. The van der Waals surface area contributed by atoms with Crippen LogP contribution in [0, 0.1) is 11.3 Å². The maximum atomic E-state index is 12.0. The van der Waals surface area contributed by atoms with Crippen LogP contribution in [0.25, 0.3) is 0 Å². The van der Waals surface area contributed by atoms with Gasteiger partial charge < -0.3 is 0 Å². The largest absolute Gasteiger partial charge is 0.240 e. The Hall–Kier alpha value is -1.20. The SMILES string of the molecule is N#Cc1ccc(S(=O)(=O)NCCc2ccc(Br)s2)cc1. The highest BCUT2D eigenvalue weighted by Crippen LogP contribution is 2.22. The molecule has 1 aromatic carbocycles. The summed E-state index contributed by atoms with van der Waals surface area (Å²) < 4.78 is 27.6. The summed E-state index contributed by atoms with van der Waals surface area (Å²) in [5, 5.41) is 8.68. The van der Waals surface area contributed by atoms with Crippen molar-refractivity contribution in [3.63, 3.8) is 0 Å². The van der Waals surface area contributed by atoms with Crippen molar-refractivity contribution in [2.75, 3.05) is 6.54 Å². The minimum absolute atomic E-state index is 0.170. The quantitative estimate of drug-likeness (QED) is 0.879. The Morgan fingerprint density at radius 1 is 1.20 bits per heavy atom. The Morgan fingerprint density at radius 2 is 1.90 bits per heavy atom. The molecule has 1 aromatic heterocycles. The number of nitrogens with zero attached hydrogens (tertiary/aromatic N) is 1.